The fraction of sp³-hybridized carbons (Fsp3) is 0.579. The predicted molar refractivity (Wildman–Crippen MR) is 120 cm³/mol. The molecule has 1 aromatic carbocycles. The van der Waals surface area contributed by atoms with Crippen LogP contribution in [0.1, 0.15) is 18.4 Å². The zero-order valence-electron chi connectivity index (χ0n) is 16.2. The predicted octanol–water partition coefficient (Wildman–Crippen LogP) is 0.710. The van der Waals surface area contributed by atoms with Crippen molar-refractivity contribution in [3.8, 4) is 0 Å². The van der Waals surface area contributed by atoms with Crippen LogP contribution in [0.25, 0.3) is 0 Å². The summed E-state index contributed by atoms with van der Waals surface area (Å²) in [6.07, 6.45) is 0. The van der Waals surface area contributed by atoms with Crippen LogP contribution in [0.15, 0.2) is 35.3 Å². The standard InChI is InChI=1S/C19H31N5O2.HI/c1-16(26)24-12-10-23(11-13-24)9-8-21-19(20-2)22-14-18(15-25)17-6-4-3-5-7-17;/h3-7,18,25H,8-15H2,1-2H3,(H2,20,21,22);1H. The van der Waals surface area contributed by atoms with Crippen molar-refractivity contribution in [2.45, 2.75) is 12.8 Å². The number of aliphatic hydroxyl groups excluding tert-OH is 1. The molecule has 0 bridgehead atoms. The normalized spacial score (nSPS) is 16.4. The first-order chi connectivity index (χ1) is 12.6. The zero-order valence-corrected chi connectivity index (χ0v) is 18.6. The van der Waals surface area contributed by atoms with Crippen LogP contribution in [0, 0.1) is 0 Å². The Morgan fingerprint density at radius 3 is 2.41 bits per heavy atom. The number of carbonyl (C=O) groups excluding carboxylic acids is 1. The van der Waals surface area contributed by atoms with Gasteiger partial charge in [0, 0.05) is 65.7 Å². The average molecular weight is 489 g/mol. The fourth-order valence-corrected chi connectivity index (χ4v) is 3.07. The van der Waals surface area contributed by atoms with Gasteiger partial charge in [-0.3, -0.25) is 14.7 Å². The van der Waals surface area contributed by atoms with Crippen molar-refractivity contribution >= 4 is 35.8 Å². The summed E-state index contributed by atoms with van der Waals surface area (Å²) in [5.74, 6) is 0.931. The Hall–Kier alpha value is -1.39. The Bertz CT molecular complexity index is 577. The van der Waals surface area contributed by atoms with E-state index in [0.29, 0.717) is 6.54 Å². The first kappa shape index (κ1) is 23.6. The van der Waals surface area contributed by atoms with Gasteiger partial charge in [0.2, 0.25) is 5.91 Å². The van der Waals surface area contributed by atoms with Gasteiger partial charge in [-0.1, -0.05) is 30.3 Å². The van der Waals surface area contributed by atoms with E-state index < -0.39 is 0 Å². The van der Waals surface area contributed by atoms with Gasteiger partial charge in [-0.15, -0.1) is 24.0 Å². The maximum atomic E-state index is 11.4. The number of nitrogens with one attached hydrogen (secondary N) is 2. The van der Waals surface area contributed by atoms with Gasteiger partial charge in [-0.05, 0) is 5.56 Å². The van der Waals surface area contributed by atoms with Crippen LogP contribution in [0.5, 0.6) is 0 Å². The van der Waals surface area contributed by atoms with Gasteiger partial charge in [0.15, 0.2) is 5.96 Å². The number of rotatable bonds is 7. The highest BCUT2D eigenvalue weighted by atomic mass is 127. The first-order valence-corrected chi connectivity index (χ1v) is 9.22. The van der Waals surface area contributed by atoms with E-state index in [1.807, 2.05) is 35.2 Å². The van der Waals surface area contributed by atoms with E-state index in [2.05, 4.69) is 20.5 Å². The topological polar surface area (TPSA) is 80.2 Å². The van der Waals surface area contributed by atoms with Crippen LogP contribution >= 0.6 is 24.0 Å². The molecule has 0 saturated carbocycles. The third-order valence-electron chi connectivity index (χ3n) is 4.77. The Labute approximate surface area is 179 Å². The van der Waals surface area contributed by atoms with E-state index in [1.165, 1.54) is 0 Å². The molecule has 3 N–H and O–H groups in total. The van der Waals surface area contributed by atoms with Gasteiger partial charge in [0.25, 0.3) is 0 Å². The van der Waals surface area contributed by atoms with E-state index in [-0.39, 0.29) is 42.4 Å². The minimum absolute atomic E-state index is 0. The summed E-state index contributed by atoms with van der Waals surface area (Å²) in [7, 11) is 1.75. The van der Waals surface area contributed by atoms with Gasteiger partial charge < -0.3 is 20.6 Å². The second kappa shape index (κ2) is 12.9. The Morgan fingerprint density at radius 1 is 1.19 bits per heavy atom. The monoisotopic (exact) mass is 489 g/mol. The molecule has 8 heteroatoms. The molecule has 1 unspecified atom stereocenters. The minimum Gasteiger partial charge on any atom is -0.396 e. The SMILES string of the molecule is CN=C(NCCN1CCN(C(C)=O)CC1)NCC(CO)c1ccccc1.I. The smallest absolute Gasteiger partial charge is 0.219 e. The van der Waals surface area contributed by atoms with Gasteiger partial charge in [0.1, 0.15) is 0 Å². The van der Waals surface area contributed by atoms with Crippen LogP contribution in [0.4, 0.5) is 0 Å². The second-order valence-electron chi connectivity index (χ2n) is 6.52. The van der Waals surface area contributed by atoms with E-state index in [9.17, 15) is 9.90 Å². The number of carbonyl (C=O) groups is 1. The summed E-state index contributed by atoms with van der Waals surface area (Å²) in [6, 6.07) is 9.99. The largest absolute Gasteiger partial charge is 0.396 e. The molecule has 7 nitrogen and oxygen atoms in total. The number of aliphatic imine (C=N–C) groups is 1. The molecule has 1 fully saturated rings. The number of aliphatic hydroxyl groups is 1. The van der Waals surface area contributed by atoms with Crippen LogP contribution in [0.3, 0.4) is 0 Å². The van der Waals surface area contributed by atoms with Crippen LogP contribution in [-0.2, 0) is 4.79 Å². The highest BCUT2D eigenvalue weighted by molar-refractivity contribution is 14.0. The van der Waals surface area contributed by atoms with Gasteiger partial charge in [0.05, 0.1) is 6.61 Å². The Kier molecular flexibility index (Phi) is 11.3. The number of piperazine rings is 1. The van der Waals surface area contributed by atoms with Crippen molar-refractivity contribution in [2.75, 3.05) is 59.5 Å². The first-order valence-electron chi connectivity index (χ1n) is 9.22. The summed E-state index contributed by atoms with van der Waals surface area (Å²) in [5, 5.41) is 16.2. The molecule has 1 saturated heterocycles. The molecule has 1 amide bonds. The molecule has 0 radical (unpaired) electrons. The molecule has 1 aliphatic heterocycles. The van der Waals surface area contributed by atoms with E-state index in [4.69, 9.17) is 0 Å². The summed E-state index contributed by atoms with van der Waals surface area (Å²) in [6.45, 7) is 7.47. The molecule has 27 heavy (non-hydrogen) atoms. The zero-order chi connectivity index (χ0) is 18.8. The van der Waals surface area contributed by atoms with Crippen LogP contribution < -0.4 is 10.6 Å². The molecule has 0 aliphatic carbocycles. The number of benzene rings is 1. The number of nitrogens with zero attached hydrogens (tertiary/aromatic N) is 3. The highest BCUT2D eigenvalue weighted by Gasteiger charge is 2.18. The quantitative estimate of drug-likeness (QED) is 0.299. The Balaban J connectivity index is 0.00000364. The number of hydrogen-bond donors (Lipinski definition) is 3. The lowest BCUT2D eigenvalue weighted by Crippen LogP contribution is -2.50. The van der Waals surface area contributed by atoms with Crippen molar-refractivity contribution in [1.29, 1.82) is 0 Å². The number of hydrogen-bond acceptors (Lipinski definition) is 4. The maximum absolute atomic E-state index is 11.4. The lowest BCUT2D eigenvalue weighted by Gasteiger charge is -2.34. The van der Waals surface area contributed by atoms with Gasteiger partial charge in [-0.2, -0.15) is 0 Å². The molecular weight excluding hydrogens is 457 g/mol. The number of guanidine groups is 1. The molecule has 2 rings (SSSR count). The van der Waals surface area contributed by atoms with Gasteiger partial charge >= 0.3 is 0 Å². The molecule has 152 valence electrons. The molecular formula is C19H32IN5O2. The van der Waals surface area contributed by atoms with Crippen LogP contribution in [0.2, 0.25) is 0 Å². The molecule has 1 atom stereocenters. The third kappa shape index (κ3) is 8.02. The highest BCUT2D eigenvalue weighted by Crippen LogP contribution is 2.13. The molecule has 0 spiro atoms. The molecule has 0 aromatic heterocycles. The van der Waals surface area contributed by atoms with Crippen molar-refractivity contribution in [1.82, 2.24) is 20.4 Å². The number of halogens is 1. The fourth-order valence-electron chi connectivity index (χ4n) is 3.07. The summed E-state index contributed by atoms with van der Waals surface area (Å²) in [5.41, 5.74) is 1.11. The van der Waals surface area contributed by atoms with Crippen molar-refractivity contribution < 1.29 is 9.90 Å². The van der Waals surface area contributed by atoms with Crippen LogP contribution in [-0.4, -0.2) is 86.2 Å². The average Bonchev–Trinajstić information content (AvgIpc) is 2.68. The Morgan fingerprint density at radius 2 is 1.85 bits per heavy atom. The maximum Gasteiger partial charge on any atom is 0.219 e. The van der Waals surface area contributed by atoms with E-state index in [0.717, 1.165) is 50.8 Å². The lowest BCUT2D eigenvalue weighted by molar-refractivity contribution is -0.130. The minimum atomic E-state index is 0. The van der Waals surface area contributed by atoms with Gasteiger partial charge in [-0.25, -0.2) is 0 Å². The number of amides is 1. The second-order valence-corrected chi connectivity index (χ2v) is 6.52. The third-order valence-corrected chi connectivity index (χ3v) is 4.77. The summed E-state index contributed by atoms with van der Waals surface area (Å²) < 4.78 is 0. The molecule has 1 heterocycles. The van der Waals surface area contributed by atoms with E-state index in [1.54, 1.807) is 14.0 Å². The summed E-state index contributed by atoms with van der Waals surface area (Å²) >= 11 is 0. The lowest BCUT2D eigenvalue weighted by atomic mass is 10.0. The van der Waals surface area contributed by atoms with Crippen molar-refractivity contribution in [3.63, 3.8) is 0 Å². The molecule has 1 aliphatic rings. The van der Waals surface area contributed by atoms with Crippen molar-refractivity contribution in [2.24, 2.45) is 4.99 Å². The summed E-state index contributed by atoms with van der Waals surface area (Å²) in [4.78, 5) is 19.8. The van der Waals surface area contributed by atoms with Crippen molar-refractivity contribution in [3.05, 3.63) is 35.9 Å². The molecule has 1 aromatic rings. The van der Waals surface area contributed by atoms with E-state index >= 15 is 0 Å².